The highest BCUT2D eigenvalue weighted by Gasteiger charge is 2.23. The Hall–Kier alpha value is -1.62. The van der Waals surface area contributed by atoms with Crippen molar-refractivity contribution in [1.29, 1.82) is 0 Å². The van der Waals surface area contributed by atoms with Gasteiger partial charge in [0.25, 0.3) is 0 Å². The zero-order chi connectivity index (χ0) is 14.7. The molecule has 0 amide bonds. The van der Waals surface area contributed by atoms with Crippen molar-refractivity contribution in [3.63, 3.8) is 0 Å². The summed E-state index contributed by atoms with van der Waals surface area (Å²) < 4.78 is 5.29. The van der Waals surface area contributed by atoms with Crippen molar-refractivity contribution < 1.29 is 4.42 Å². The molecule has 0 bridgehead atoms. The second kappa shape index (κ2) is 6.43. The van der Waals surface area contributed by atoms with Crippen molar-refractivity contribution >= 4 is 0 Å². The fourth-order valence-corrected chi connectivity index (χ4v) is 3.05. The standard InChI is InChI=1S/C16H24N4O/c1-11-5-6-13(10-12(11)2)17-8-7-15-18-16(20-19-15)14-4-3-9-21-14/h3-4,9,11-13,17H,5-8,10H2,1-2H3,(H,18,19,20). The maximum atomic E-state index is 5.29. The van der Waals surface area contributed by atoms with Gasteiger partial charge in [-0.2, -0.15) is 5.10 Å². The number of nitrogens with one attached hydrogen (secondary N) is 2. The lowest BCUT2D eigenvalue weighted by Crippen LogP contribution is -2.37. The van der Waals surface area contributed by atoms with Crippen LogP contribution in [0.25, 0.3) is 11.6 Å². The van der Waals surface area contributed by atoms with Crippen LogP contribution in [0.3, 0.4) is 0 Å². The third kappa shape index (κ3) is 3.53. The maximum absolute atomic E-state index is 5.29. The molecule has 3 atom stereocenters. The number of H-pyrrole nitrogens is 1. The highest BCUT2D eigenvalue weighted by Crippen LogP contribution is 2.29. The Morgan fingerprint density at radius 2 is 2.24 bits per heavy atom. The predicted molar refractivity (Wildman–Crippen MR) is 81.8 cm³/mol. The SMILES string of the molecule is CC1CCC(NCCc2nc(-c3ccco3)n[nH]2)CC1C. The fourth-order valence-electron chi connectivity index (χ4n) is 3.05. The minimum absolute atomic E-state index is 0.634. The Labute approximate surface area is 125 Å². The first-order valence-electron chi connectivity index (χ1n) is 7.91. The van der Waals surface area contributed by atoms with E-state index in [-0.39, 0.29) is 0 Å². The average molecular weight is 288 g/mol. The molecule has 0 aromatic carbocycles. The van der Waals surface area contributed by atoms with Crippen LogP contribution in [0.5, 0.6) is 0 Å². The van der Waals surface area contributed by atoms with Gasteiger partial charge in [0.15, 0.2) is 5.76 Å². The number of aromatic nitrogens is 3. The van der Waals surface area contributed by atoms with E-state index in [0.717, 1.165) is 30.6 Å². The van der Waals surface area contributed by atoms with Crippen molar-refractivity contribution in [2.75, 3.05) is 6.54 Å². The normalized spacial score (nSPS) is 26.1. The van der Waals surface area contributed by atoms with Crippen molar-refractivity contribution in [3.8, 4) is 11.6 Å². The van der Waals surface area contributed by atoms with Crippen LogP contribution in [-0.4, -0.2) is 27.8 Å². The van der Waals surface area contributed by atoms with Crippen LogP contribution in [0.15, 0.2) is 22.8 Å². The number of rotatable bonds is 5. The smallest absolute Gasteiger partial charge is 0.216 e. The zero-order valence-corrected chi connectivity index (χ0v) is 12.8. The lowest BCUT2D eigenvalue weighted by molar-refractivity contribution is 0.227. The van der Waals surface area contributed by atoms with Gasteiger partial charge in [-0.1, -0.05) is 13.8 Å². The van der Waals surface area contributed by atoms with Gasteiger partial charge in [0.2, 0.25) is 5.82 Å². The van der Waals surface area contributed by atoms with Crippen molar-refractivity contribution in [2.45, 2.75) is 45.6 Å². The van der Waals surface area contributed by atoms with E-state index in [0.29, 0.717) is 17.6 Å². The summed E-state index contributed by atoms with van der Waals surface area (Å²) in [5.74, 6) is 3.95. The Balaban J connectivity index is 1.46. The molecule has 21 heavy (non-hydrogen) atoms. The van der Waals surface area contributed by atoms with Crippen molar-refractivity contribution in [2.24, 2.45) is 11.8 Å². The molecule has 5 nitrogen and oxygen atoms in total. The maximum Gasteiger partial charge on any atom is 0.216 e. The monoisotopic (exact) mass is 288 g/mol. The molecule has 1 saturated carbocycles. The van der Waals surface area contributed by atoms with Crippen molar-refractivity contribution in [3.05, 3.63) is 24.2 Å². The largest absolute Gasteiger partial charge is 0.461 e. The molecular formula is C16H24N4O. The summed E-state index contributed by atoms with van der Waals surface area (Å²) in [6, 6.07) is 4.37. The van der Waals surface area contributed by atoms with Crippen LogP contribution < -0.4 is 5.32 Å². The molecular weight excluding hydrogens is 264 g/mol. The molecule has 0 spiro atoms. The van der Waals surface area contributed by atoms with Crippen LogP contribution in [0.2, 0.25) is 0 Å². The quantitative estimate of drug-likeness (QED) is 0.887. The Kier molecular flexibility index (Phi) is 4.39. The van der Waals surface area contributed by atoms with Gasteiger partial charge in [0.05, 0.1) is 6.26 Å². The second-order valence-electron chi connectivity index (χ2n) is 6.25. The van der Waals surface area contributed by atoms with E-state index < -0.39 is 0 Å². The van der Waals surface area contributed by atoms with E-state index in [4.69, 9.17) is 4.42 Å². The summed E-state index contributed by atoms with van der Waals surface area (Å²) in [5, 5.41) is 10.8. The minimum Gasteiger partial charge on any atom is -0.461 e. The first-order chi connectivity index (χ1) is 10.2. The number of aromatic amines is 1. The van der Waals surface area contributed by atoms with Gasteiger partial charge in [-0.15, -0.1) is 0 Å². The van der Waals surface area contributed by atoms with E-state index in [1.165, 1.54) is 19.3 Å². The molecule has 1 aliphatic rings. The summed E-state index contributed by atoms with van der Waals surface area (Å²) in [6.45, 7) is 5.68. The van der Waals surface area contributed by atoms with E-state index in [2.05, 4.69) is 34.3 Å². The molecule has 114 valence electrons. The molecule has 1 fully saturated rings. The molecule has 0 radical (unpaired) electrons. The molecule has 2 aromatic heterocycles. The van der Waals surface area contributed by atoms with Crippen LogP contribution in [0.1, 0.15) is 38.9 Å². The topological polar surface area (TPSA) is 66.7 Å². The van der Waals surface area contributed by atoms with E-state index in [1.807, 2.05) is 12.1 Å². The summed E-state index contributed by atoms with van der Waals surface area (Å²) in [5.41, 5.74) is 0. The van der Waals surface area contributed by atoms with Crippen LogP contribution in [-0.2, 0) is 6.42 Å². The van der Waals surface area contributed by atoms with Crippen molar-refractivity contribution in [1.82, 2.24) is 20.5 Å². The predicted octanol–water partition coefficient (Wildman–Crippen LogP) is 3.02. The number of hydrogen-bond donors (Lipinski definition) is 2. The second-order valence-corrected chi connectivity index (χ2v) is 6.25. The van der Waals surface area contributed by atoms with Gasteiger partial charge >= 0.3 is 0 Å². The molecule has 3 rings (SSSR count). The molecule has 0 aliphatic heterocycles. The van der Waals surface area contributed by atoms with Gasteiger partial charge in [0.1, 0.15) is 5.82 Å². The van der Waals surface area contributed by atoms with Gasteiger partial charge in [-0.25, -0.2) is 4.98 Å². The Morgan fingerprint density at radius 1 is 1.33 bits per heavy atom. The van der Waals surface area contributed by atoms with Crippen LogP contribution in [0, 0.1) is 11.8 Å². The highest BCUT2D eigenvalue weighted by atomic mass is 16.3. The number of nitrogens with zero attached hydrogens (tertiary/aromatic N) is 2. The average Bonchev–Trinajstić information content (AvgIpc) is 3.13. The summed E-state index contributed by atoms with van der Waals surface area (Å²) in [6.07, 6.45) is 6.42. The number of hydrogen-bond acceptors (Lipinski definition) is 4. The lowest BCUT2D eigenvalue weighted by atomic mass is 9.79. The summed E-state index contributed by atoms with van der Waals surface area (Å²) in [4.78, 5) is 4.46. The Morgan fingerprint density at radius 3 is 3.00 bits per heavy atom. The number of furan rings is 1. The minimum atomic E-state index is 0.634. The first-order valence-corrected chi connectivity index (χ1v) is 7.91. The molecule has 2 N–H and O–H groups in total. The molecule has 1 aliphatic carbocycles. The molecule has 3 unspecified atom stereocenters. The van der Waals surface area contributed by atoms with Gasteiger partial charge in [-0.05, 0) is 43.2 Å². The van der Waals surface area contributed by atoms with Crippen LogP contribution >= 0.6 is 0 Å². The van der Waals surface area contributed by atoms with Gasteiger partial charge in [0, 0.05) is 19.0 Å². The highest BCUT2D eigenvalue weighted by molar-refractivity contribution is 5.45. The van der Waals surface area contributed by atoms with E-state index >= 15 is 0 Å². The van der Waals surface area contributed by atoms with Gasteiger partial charge < -0.3 is 9.73 Å². The van der Waals surface area contributed by atoms with Gasteiger partial charge in [-0.3, -0.25) is 5.10 Å². The summed E-state index contributed by atoms with van der Waals surface area (Å²) >= 11 is 0. The molecule has 5 heteroatoms. The third-order valence-electron chi connectivity index (χ3n) is 4.67. The van der Waals surface area contributed by atoms with E-state index in [1.54, 1.807) is 6.26 Å². The lowest BCUT2D eigenvalue weighted by Gasteiger charge is -2.32. The zero-order valence-electron chi connectivity index (χ0n) is 12.8. The Bertz CT molecular complexity index is 548. The first kappa shape index (κ1) is 14.3. The fraction of sp³-hybridized carbons (Fsp3) is 0.625. The third-order valence-corrected chi connectivity index (χ3v) is 4.67. The van der Waals surface area contributed by atoms with Crippen LogP contribution in [0.4, 0.5) is 0 Å². The summed E-state index contributed by atoms with van der Waals surface area (Å²) in [7, 11) is 0. The molecule has 2 aromatic rings. The molecule has 2 heterocycles. The van der Waals surface area contributed by atoms with E-state index in [9.17, 15) is 0 Å². The molecule has 0 saturated heterocycles.